The second-order valence-electron chi connectivity index (χ2n) is 7.01. The molecule has 0 aliphatic heterocycles. The monoisotopic (exact) mass is 480 g/mol. The molecule has 0 spiro atoms. The first kappa shape index (κ1) is 22.8. The molecular weight excluding hydrogens is 456 g/mol. The lowest BCUT2D eigenvalue weighted by Crippen LogP contribution is -2.14. The minimum absolute atomic E-state index is 0.108. The second kappa shape index (κ2) is 11.0. The van der Waals surface area contributed by atoms with E-state index in [9.17, 15) is 4.79 Å². The van der Waals surface area contributed by atoms with E-state index in [1.807, 2.05) is 78.5 Å². The molecule has 2 aromatic carbocycles. The Morgan fingerprint density at radius 3 is 2.67 bits per heavy atom. The predicted octanol–water partition coefficient (Wildman–Crippen LogP) is 4.68. The quantitative estimate of drug-likeness (QED) is 0.318. The summed E-state index contributed by atoms with van der Waals surface area (Å²) in [6.07, 6.45) is 0. The number of nitrogens with one attached hydrogen (secondary N) is 2. The number of hydrogen-bond acceptors (Lipinski definition) is 8. The molecule has 0 saturated carbocycles. The number of thioether (sulfide) groups is 1. The van der Waals surface area contributed by atoms with Crippen molar-refractivity contribution < 1.29 is 9.53 Å². The number of hydrogen-bond donors (Lipinski definition) is 2. The van der Waals surface area contributed by atoms with Gasteiger partial charge in [-0.2, -0.15) is 0 Å². The van der Waals surface area contributed by atoms with Gasteiger partial charge in [-0.15, -0.1) is 21.5 Å². The van der Waals surface area contributed by atoms with Gasteiger partial charge in [0.2, 0.25) is 5.91 Å². The largest absolute Gasteiger partial charge is 0.494 e. The maximum Gasteiger partial charge on any atom is 0.234 e. The van der Waals surface area contributed by atoms with E-state index in [1.54, 1.807) is 11.3 Å². The number of benzene rings is 2. The van der Waals surface area contributed by atoms with Crippen molar-refractivity contribution in [3.05, 3.63) is 65.8 Å². The molecule has 0 radical (unpaired) electrons. The molecule has 2 N–H and O–H groups in total. The Hall–Kier alpha value is -3.37. The summed E-state index contributed by atoms with van der Waals surface area (Å²) in [4.78, 5) is 16.9. The van der Waals surface area contributed by atoms with Crippen LogP contribution in [0.25, 0.3) is 11.3 Å². The number of ether oxygens (including phenoxy) is 1. The van der Waals surface area contributed by atoms with Crippen molar-refractivity contribution in [2.24, 2.45) is 7.05 Å². The number of rotatable bonds is 10. The molecule has 4 rings (SSSR count). The van der Waals surface area contributed by atoms with E-state index in [-0.39, 0.29) is 11.7 Å². The Morgan fingerprint density at radius 2 is 1.91 bits per heavy atom. The van der Waals surface area contributed by atoms with Gasteiger partial charge >= 0.3 is 0 Å². The van der Waals surface area contributed by atoms with E-state index in [4.69, 9.17) is 4.74 Å². The zero-order valence-electron chi connectivity index (χ0n) is 18.3. The van der Waals surface area contributed by atoms with Crippen molar-refractivity contribution in [2.75, 3.05) is 23.0 Å². The lowest BCUT2D eigenvalue weighted by Gasteiger charge is -2.07. The Morgan fingerprint density at radius 1 is 1.12 bits per heavy atom. The lowest BCUT2D eigenvalue weighted by molar-refractivity contribution is -0.113. The zero-order valence-corrected chi connectivity index (χ0v) is 19.9. The van der Waals surface area contributed by atoms with E-state index in [2.05, 4.69) is 25.8 Å². The van der Waals surface area contributed by atoms with Gasteiger partial charge < -0.3 is 19.9 Å². The molecule has 0 atom stereocenters. The highest BCUT2D eigenvalue weighted by Gasteiger charge is 2.12. The molecule has 170 valence electrons. The minimum atomic E-state index is -0.108. The molecule has 10 heteroatoms. The maximum atomic E-state index is 12.3. The summed E-state index contributed by atoms with van der Waals surface area (Å²) in [6.45, 7) is 3.03. The van der Waals surface area contributed by atoms with Crippen LogP contribution >= 0.6 is 23.1 Å². The molecule has 0 aliphatic carbocycles. The SMILES string of the molecule is CCOc1ccc(NC(=O)CSc2nnc(CNc3nc(-c4ccccc4)cs3)n2C)cc1. The van der Waals surface area contributed by atoms with Crippen LogP contribution < -0.4 is 15.4 Å². The van der Waals surface area contributed by atoms with Crippen LogP contribution in [0.2, 0.25) is 0 Å². The molecule has 0 fully saturated rings. The smallest absolute Gasteiger partial charge is 0.234 e. The Balaban J connectivity index is 1.27. The molecule has 0 saturated heterocycles. The highest BCUT2D eigenvalue weighted by atomic mass is 32.2. The molecular formula is C23H24N6O2S2. The standard InChI is InChI=1S/C23H24N6O2S2/c1-3-31-18-11-9-17(10-12-18)25-21(30)15-33-23-28-27-20(29(23)2)13-24-22-26-19(14-32-22)16-7-5-4-6-8-16/h4-12,14H,3,13,15H2,1-2H3,(H,24,26)(H,25,30). The number of anilines is 2. The Kier molecular flexibility index (Phi) is 7.59. The summed E-state index contributed by atoms with van der Waals surface area (Å²) in [7, 11) is 1.89. The van der Waals surface area contributed by atoms with Crippen LogP contribution in [0.15, 0.2) is 65.1 Å². The number of nitrogens with zero attached hydrogens (tertiary/aromatic N) is 4. The number of thiazole rings is 1. The van der Waals surface area contributed by atoms with Crippen molar-refractivity contribution in [1.29, 1.82) is 0 Å². The average Bonchev–Trinajstić information content (AvgIpc) is 3.45. The number of amides is 1. The third-order valence-corrected chi connectivity index (χ3v) is 6.50. The van der Waals surface area contributed by atoms with Crippen molar-refractivity contribution in [2.45, 2.75) is 18.6 Å². The van der Waals surface area contributed by atoms with Crippen LogP contribution in [0.4, 0.5) is 10.8 Å². The molecule has 0 aliphatic rings. The fraction of sp³-hybridized carbons (Fsp3) is 0.217. The third-order valence-electron chi connectivity index (χ3n) is 4.68. The van der Waals surface area contributed by atoms with E-state index in [0.717, 1.165) is 33.7 Å². The molecule has 4 aromatic rings. The summed E-state index contributed by atoms with van der Waals surface area (Å²) >= 11 is 2.89. The van der Waals surface area contributed by atoms with E-state index in [0.29, 0.717) is 18.3 Å². The summed E-state index contributed by atoms with van der Waals surface area (Å²) in [5.41, 5.74) is 2.75. The van der Waals surface area contributed by atoms with E-state index in [1.165, 1.54) is 11.8 Å². The molecule has 33 heavy (non-hydrogen) atoms. The normalized spacial score (nSPS) is 10.7. The Bertz CT molecular complexity index is 1190. The average molecular weight is 481 g/mol. The van der Waals surface area contributed by atoms with Crippen LogP contribution in [0.5, 0.6) is 5.75 Å². The predicted molar refractivity (Wildman–Crippen MR) is 133 cm³/mol. The summed E-state index contributed by atoms with van der Waals surface area (Å²) in [6, 6.07) is 17.4. The lowest BCUT2D eigenvalue weighted by atomic mass is 10.2. The van der Waals surface area contributed by atoms with Crippen LogP contribution in [0.3, 0.4) is 0 Å². The summed E-state index contributed by atoms with van der Waals surface area (Å²) < 4.78 is 7.30. The number of aromatic nitrogens is 4. The van der Waals surface area contributed by atoms with E-state index >= 15 is 0 Å². The van der Waals surface area contributed by atoms with Gasteiger partial charge in [0.05, 0.1) is 24.6 Å². The molecule has 0 unspecified atom stereocenters. The number of carbonyl (C=O) groups excluding carboxylic acids is 1. The first-order valence-electron chi connectivity index (χ1n) is 10.4. The fourth-order valence-corrected chi connectivity index (χ4v) is 4.45. The summed E-state index contributed by atoms with van der Waals surface area (Å²) in [5, 5.41) is 18.2. The van der Waals surface area contributed by atoms with Gasteiger partial charge in [-0.1, -0.05) is 42.1 Å². The van der Waals surface area contributed by atoms with Gasteiger partial charge in [0.1, 0.15) is 5.75 Å². The van der Waals surface area contributed by atoms with Gasteiger partial charge in [-0.05, 0) is 31.2 Å². The molecule has 2 heterocycles. The van der Waals surface area contributed by atoms with Crippen molar-refractivity contribution >= 4 is 39.8 Å². The van der Waals surface area contributed by atoms with Crippen LogP contribution in [0.1, 0.15) is 12.7 Å². The highest BCUT2D eigenvalue weighted by molar-refractivity contribution is 7.99. The first-order valence-corrected chi connectivity index (χ1v) is 12.3. The summed E-state index contributed by atoms with van der Waals surface area (Å²) in [5.74, 6) is 1.67. The van der Waals surface area contributed by atoms with Crippen molar-refractivity contribution in [1.82, 2.24) is 19.7 Å². The molecule has 1 amide bonds. The Labute approximate surface area is 200 Å². The highest BCUT2D eigenvalue weighted by Crippen LogP contribution is 2.25. The van der Waals surface area contributed by atoms with Crippen LogP contribution in [0, 0.1) is 0 Å². The molecule has 8 nitrogen and oxygen atoms in total. The van der Waals surface area contributed by atoms with Gasteiger partial charge in [0, 0.05) is 23.7 Å². The van der Waals surface area contributed by atoms with Crippen LogP contribution in [-0.2, 0) is 18.4 Å². The maximum absolute atomic E-state index is 12.3. The van der Waals surface area contributed by atoms with Crippen molar-refractivity contribution in [3.63, 3.8) is 0 Å². The third kappa shape index (κ3) is 6.11. The molecule has 0 bridgehead atoms. The fourth-order valence-electron chi connectivity index (χ4n) is 3.00. The van der Waals surface area contributed by atoms with E-state index < -0.39 is 0 Å². The first-order chi connectivity index (χ1) is 16.1. The van der Waals surface area contributed by atoms with Gasteiger partial charge in [0.25, 0.3) is 0 Å². The van der Waals surface area contributed by atoms with Gasteiger partial charge in [-0.3, -0.25) is 4.79 Å². The van der Waals surface area contributed by atoms with Crippen LogP contribution in [-0.4, -0.2) is 38.0 Å². The van der Waals surface area contributed by atoms with Crippen molar-refractivity contribution in [3.8, 4) is 17.0 Å². The number of carbonyl (C=O) groups is 1. The topological polar surface area (TPSA) is 94.0 Å². The zero-order chi connectivity index (χ0) is 23.0. The van der Waals surface area contributed by atoms with Gasteiger partial charge in [0.15, 0.2) is 16.1 Å². The molecule has 2 aromatic heterocycles. The van der Waals surface area contributed by atoms with Gasteiger partial charge in [-0.25, -0.2) is 4.98 Å². The second-order valence-corrected chi connectivity index (χ2v) is 8.81. The minimum Gasteiger partial charge on any atom is -0.494 e.